The molecular weight excluding hydrogens is 438 g/mol. The Kier molecular flexibility index (Phi) is 3.94. The van der Waals surface area contributed by atoms with Gasteiger partial charge in [-0.1, -0.05) is 72.8 Å². The Hall–Kier alpha value is -4.89. The van der Waals surface area contributed by atoms with Gasteiger partial charge in [-0.15, -0.1) is 0 Å². The fourth-order valence-electron chi connectivity index (χ4n) is 5.91. The van der Waals surface area contributed by atoms with Crippen molar-refractivity contribution in [2.75, 3.05) is 0 Å². The molecule has 3 nitrogen and oxygen atoms in total. The van der Waals surface area contributed by atoms with Crippen molar-refractivity contribution in [3.05, 3.63) is 128 Å². The van der Waals surface area contributed by atoms with Crippen molar-refractivity contribution in [1.82, 2.24) is 14.1 Å². The van der Waals surface area contributed by atoms with Gasteiger partial charge in [-0.3, -0.25) is 4.98 Å². The third-order valence-electron chi connectivity index (χ3n) is 7.41. The molecule has 3 heteroatoms. The highest BCUT2D eigenvalue weighted by atomic mass is 15.0. The standard InChI is InChI=1S/C33H21N3/c1-5-13-28-22(9-1)23-10-2-6-14-29(23)35(28)32-17-18-33(27-21-34-20-19-26(27)32)36-30-15-7-3-11-24(30)25-12-4-8-16-31(25)36/h1-21H. The van der Waals surface area contributed by atoms with Crippen LogP contribution in [-0.4, -0.2) is 14.1 Å². The van der Waals surface area contributed by atoms with E-state index in [0.29, 0.717) is 0 Å². The van der Waals surface area contributed by atoms with E-state index in [1.807, 2.05) is 12.4 Å². The first kappa shape index (κ1) is 19.4. The average Bonchev–Trinajstić information content (AvgIpc) is 3.46. The minimum Gasteiger partial charge on any atom is -0.309 e. The van der Waals surface area contributed by atoms with E-state index in [2.05, 4.69) is 129 Å². The van der Waals surface area contributed by atoms with Crippen molar-refractivity contribution < 1.29 is 0 Å². The molecule has 0 bridgehead atoms. The van der Waals surface area contributed by atoms with E-state index in [0.717, 1.165) is 16.8 Å². The van der Waals surface area contributed by atoms with Crippen LogP contribution >= 0.6 is 0 Å². The molecule has 0 atom stereocenters. The first-order valence-corrected chi connectivity index (χ1v) is 12.2. The minimum atomic E-state index is 1.13. The van der Waals surface area contributed by atoms with Crippen LogP contribution in [0.1, 0.15) is 0 Å². The number of nitrogens with zero attached hydrogens (tertiary/aromatic N) is 3. The molecule has 0 amide bonds. The molecule has 8 aromatic rings. The Bertz CT molecular complexity index is 1850. The topological polar surface area (TPSA) is 22.8 Å². The molecule has 3 aromatic heterocycles. The van der Waals surface area contributed by atoms with E-state index in [4.69, 9.17) is 0 Å². The average molecular weight is 460 g/mol. The fourth-order valence-corrected chi connectivity index (χ4v) is 5.91. The van der Waals surface area contributed by atoms with Gasteiger partial charge in [0.1, 0.15) is 0 Å². The number of hydrogen-bond donors (Lipinski definition) is 0. The molecule has 0 aliphatic heterocycles. The summed E-state index contributed by atoms with van der Waals surface area (Å²) in [5.41, 5.74) is 7.12. The lowest BCUT2D eigenvalue weighted by Gasteiger charge is -2.16. The number of benzene rings is 5. The molecule has 36 heavy (non-hydrogen) atoms. The predicted molar refractivity (Wildman–Crippen MR) is 150 cm³/mol. The van der Waals surface area contributed by atoms with Crippen molar-refractivity contribution in [2.45, 2.75) is 0 Å². The molecule has 3 heterocycles. The van der Waals surface area contributed by atoms with Crippen LogP contribution in [0.4, 0.5) is 0 Å². The maximum atomic E-state index is 4.57. The highest BCUT2D eigenvalue weighted by molar-refractivity contribution is 6.13. The Labute approximate surface area is 207 Å². The summed E-state index contributed by atoms with van der Waals surface area (Å²) in [5, 5.41) is 7.36. The summed E-state index contributed by atoms with van der Waals surface area (Å²) in [6.07, 6.45) is 3.90. The van der Waals surface area contributed by atoms with Crippen LogP contribution in [0.25, 0.3) is 65.8 Å². The SMILES string of the molecule is c1ccc2c(c1)c1ccccc1n2-c1ccc(-n2c3ccccc3c3ccccc32)c2cnccc12. The van der Waals surface area contributed by atoms with Crippen molar-refractivity contribution in [3.63, 3.8) is 0 Å². The number of fused-ring (bicyclic) bond motifs is 7. The zero-order valence-corrected chi connectivity index (χ0v) is 19.5. The first-order valence-electron chi connectivity index (χ1n) is 12.2. The van der Waals surface area contributed by atoms with Gasteiger partial charge < -0.3 is 9.13 Å². The summed E-state index contributed by atoms with van der Waals surface area (Å²) in [6, 6.07) is 41.3. The van der Waals surface area contributed by atoms with Crippen LogP contribution in [0.15, 0.2) is 128 Å². The molecular formula is C33H21N3. The van der Waals surface area contributed by atoms with Gasteiger partial charge in [0, 0.05) is 44.7 Å². The van der Waals surface area contributed by atoms with Crippen LogP contribution in [0.5, 0.6) is 0 Å². The molecule has 0 aliphatic carbocycles. The predicted octanol–water partition coefficient (Wildman–Crippen LogP) is 8.43. The van der Waals surface area contributed by atoms with Gasteiger partial charge in [0.25, 0.3) is 0 Å². The van der Waals surface area contributed by atoms with Gasteiger partial charge in [-0.2, -0.15) is 0 Å². The molecule has 0 radical (unpaired) electrons. The third kappa shape index (κ3) is 2.54. The van der Waals surface area contributed by atoms with Crippen LogP contribution in [-0.2, 0) is 0 Å². The molecule has 0 aliphatic rings. The summed E-state index contributed by atoms with van der Waals surface area (Å²) >= 11 is 0. The second-order valence-electron chi connectivity index (χ2n) is 9.26. The first-order chi connectivity index (χ1) is 17.9. The Morgan fingerprint density at radius 2 is 0.750 bits per heavy atom. The summed E-state index contributed by atoms with van der Waals surface area (Å²) in [4.78, 5) is 4.57. The van der Waals surface area contributed by atoms with E-state index >= 15 is 0 Å². The van der Waals surface area contributed by atoms with Crippen molar-refractivity contribution in [2.24, 2.45) is 0 Å². The molecule has 0 unspecified atom stereocenters. The highest BCUT2D eigenvalue weighted by Gasteiger charge is 2.18. The lowest BCUT2D eigenvalue weighted by molar-refractivity contribution is 1.16. The zero-order chi connectivity index (χ0) is 23.6. The molecule has 0 fully saturated rings. The lowest BCUT2D eigenvalue weighted by atomic mass is 10.1. The highest BCUT2D eigenvalue weighted by Crippen LogP contribution is 2.38. The number of pyridine rings is 1. The smallest absolute Gasteiger partial charge is 0.0557 e. The van der Waals surface area contributed by atoms with Crippen molar-refractivity contribution in [3.8, 4) is 11.4 Å². The minimum absolute atomic E-state index is 1.13. The molecule has 0 spiro atoms. The lowest BCUT2D eigenvalue weighted by Crippen LogP contribution is -2.00. The Balaban J connectivity index is 1.51. The normalized spacial score (nSPS) is 11.9. The van der Waals surface area contributed by atoms with Crippen LogP contribution in [0.2, 0.25) is 0 Å². The van der Waals surface area contributed by atoms with Gasteiger partial charge >= 0.3 is 0 Å². The number of hydrogen-bond acceptors (Lipinski definition) is 1. The van der Waals surface area contributed by atoms with Gasteiger partial charge in [0.2, 0.25) is 0 Å². The van der Waals surface area contributed by atoms with Crippen LogP contribution in [0.3, 0.4) is 0 Å². The van der Waals surface area contributed by atoms with Gasteiger partial charge in [0.15, 0.2) is 0 Å². The summed E-state index contributed by atoms with van der Waals surface area (Å²) in [6.45, 7) is 0. The van der Waals surface area contributed by atoms with Gasteiger partial charge in [-0.05, 0) is 42.5 Å². The Morgan fingerprint density at radius 3 is 1.19 bits per heavy atom. The fraction of sp³-hybridized carbons (Fsp3) is 0. The zero-order valence-electron chi connectivity index (χ0n) is 19.5. The van der Waals surface area contributed by atoms with Gasteiger partial charge in [-0.25, -0.2) is 0 Å². The summed E-state index contributed by atoms with van der Waals surface area (Å²) < 4.78 is 4.77. The molecule has 5 aromatic carbocycles. The molecule has 0 saturated heterocycles. The van der Waals surface area contributed by atoms with Crippen LogP contribution in [0, 0.1) is 0 Å². The quantitative estimate of drug-likeness (QED) is 0.254. The molecule has 168 valence electrons. The van der Waals surface area contributed by atoms with E-state index in [-0.39, 0.29) is 0 Å². The second-order valence-corrected chi connectivity index (χ2v) is 9.26. The van der Waals surface area contributed by atoms with Gasteiger partial charge in [0.05, 0.1) is 33.4 Å². The van der Waals surface area contributed by atoms with Crippen LogP contribution < -0.4 is 0 Å². The van der Waals surface area contributed by atoms with E-state index in [9.17, 15) is 0 Å². The summed E-state index contributed by atoms with van der Waals surface area (Å²) in [7, 11) is 0. The third-order valence-corrected chi connectivity index (χ3v) is 7.41. The van der Waals surface area contributed by atoms with E-state index in [1.54, 1.807) is 0 Å². The van der Waals surface area contributed by atoms with Crippen molar-refractivity contribution in [1.29, 1.82) is 0 Å². The molecule has 0 N–H and O–H groups in total. The van der Waals surface area contributed by atoms with E-state index < -0.39 is 0 Å². The molecule has 8 rings (SSSR count). The monoisotopic (exact) mass is 459 g/mol. The number of para-hydroxylation sites is 4. The Morgan fingerprint density at radius 1 is 0.361 bits per heavy atom. The van der Waals surface area contributed by atoms with E-state index in [1.165, 1.54) is 49.0 Å². The number of aromatic nitrogens is 3. The maximum absolute atomic E-state index is 4.57. The number of rotatable bonds is 2. The van der Waals surface area contributed by atoms with Crippen molar-refractivity contribution >= 4 is 54.4 Å². The second kappa shape index (κ2) is 7.30. The largest absolute Gasteiger partial charge is 0.309 e. The molecule has 0 saturated carbocycles. The maximum Gasteiger partial charge on any atom is 0.0557 e. The summed E-state index contributed by atoms with van der Waals surface area (Å²) in [5.74, 6) is 0.